The first-order valence-electron chi connectivity index (χ1n) is 7.20. The van der Waals surface area contributed by atoms with Gasteiger partial charge in [0.05, 0.1) is 0 Å². The van der Waals surface area contributed by atoms with E-state index in [0.29, 0.717) is 24.2 Å². The molecule has 0 saturated heterocycles. The molecule has 0 unspecified atom stereocenters. The van der Waals surface area contributed by atoms with Gasteiger partial charge < -0.3 is 10.3 Å². The number of nitrogens with one attached hydrogen (secondary N) is 2. The van der Waals surface area contributed by atoms with E-state index in [1.165, 1.54) is 6.07 Å². The predicted molar refractivity (Wildman–Crippen MR) is 86.2 cm³/mol. The Morgan fingerprint density at radius 2 is 1.82 bits per heavy atom. The van der Waals surface area contributed by atoms with E-state index < -0.39 is 0 Å². The Morgan fingerprint density at radius 1 is 1.05 bits per heavy atom. The minimum atomic E-state index is -0.238. The molecule has 0 atom stereocenters. The van der Waals surface area contributed by atoms with Crippen molar-refractivity contribution < 1.29 is 4.39 Å². The Hall–Kier alpha value is -2.46. The van der Waals surface area contributed by atoms with Gasteiger partial charge in [0.2, 0.25) is 0 Å². The first-order chi connectivity index (χ1) is 10.6. The van der Waals surface area contributed by atoms with Crippen molar-refractivity contribution in [3.05, 3.63) is 81.4 Å². The predicted octanol–water partition coefficient (Wildman–Crippen LogP) is 3.27. The SMILES string of the molecule is Cc1ccc2[nH]c(=O)c(CNCc3ccccc3F)cc2c1. The van der Waals surface area contributed by atoms with Gasteiger partial charge >= 0.3 is 0 Å². The van der Waals surface area contributed by atoms with Gasteiger partial charge in [-0.1, -0.05) is 29.8 Å². The molecule has 0 aliphatic carbocycles. The number of halogens is 1. The molecule has 0 fully saturated rings. The molecule has 0 bridgehead atoms. The summed E-state index contributed by atoms with van der Waals surface area (Å²) in [5.74, 6) is -0.238. The van der Waals surface area contributed by atoms with E-state index in [-0.39, 0.29) is 11.4 Å². The number of aromatic amines is 1. The Bertz CT molecular complexity index is 870. The minimum Gasteiger partial charge on any atom is -0.322 e. The second kappa shape index (κ2) is 6.12. The van der Waals surface area contributed by atoms with Crippen molar-refractivity contribution in [1.29, 1.82) is 0 Å². The Labute approximate surface area is 127 Å². The molecule has 2 aromatic carbocycles. The van der Waals surface area contributed by atoms with Crippen LogP contribution in [0.15, 0.2) is 53.3 Å². The number of rotatable bonds is 4. The highest BCUT2D eigenvalue weighted by Gasteiger charge is 2.04. The number of hydrogen-bond acceptors (Lipinski definition) is 2. The van der Waals surface area contributed by atoms with Crippen LogP contribution in [0, 0.1) is 12.7 Å². The Kier molecular flexibility index (Phi) is 4.02. The largest absolute Gasteiger partial charge is 0.322 e. The standard InChI is InChI=1S/C18H17FN2O/c1-12-6-7-17-14(8-12)9-15(18(22)21-17)11-20-10-13-4-2-3-5-16(13)19/h2-9,20H,10-11H2,1H3,(H,21,22). The van der Waals surface area contributed by atoms with Gasteiger partial charge in [0, 0.05) is 29.7 Å². The fourth-order valence-corrected chi connectivity index (χ4v) is 2.48. The number of aryl methyl sites for hydroxylation is 1. The van der Waals surface area contributed by atoms with Crippen molar-refractivity contribution in [2.45, 2.75) is 20.0 Å². The highest BCUT2D eigenvalue weighted by atomic mass is 19.1. The molecule has 0 spiro atoms. The molecular weight excluding hydrogens is 279 g/mol. The molecule has 3 rings (SSSR count). The third-order valence-electron chi connectivity index (χ3n) is 3.67. The zero-order chi connectivity index (χ0) is 15.5. The number of H-pyrrole nitrogens is 1. The quantitative estimate of drug-likeness (QED) is 0.776. The zero-order valence-electron chi connectivity index (χ0n) is 12.3. The second-order valence-corrected chi connectivity index (χ2v) is 5.41. The number of fused-ring (bicyclic) bond motifs is 1. The van der Waals surface area contributed by atoms with Crippen LogP contribution in [0.4, 0.5) is 4.39 Å². The van der Waals surface area contributed by atoms with Gasteiger partial charge in [-0.15, -0.1) is 0 Å². The average molecular weight is 296 g/mol. The highest BCUT2D eigenvalue weighted by Crippen LogP contribution is 2.13. The molecule has 3 aromatic rings. The summed E-state index contributed by atoms with van der Waals surface area (Å²) in [6.07, 6.45) is 0. The summed E-state index contributed by atoms with van der Waals surface area (Å²) in [6, 6.07) is 14.4. The fraction of sp³-hybridized carbons (Fsp3) is 0.167. The number of hydrogen-bond donors (Lipinski definition) is 2. The van der Waals surface area contributed by atoms with E-state index >= 15 is 0 Å². The molecule has 0 aliphatic heterocycles. The summed E-state index contributed by atoms with van der Waals surface area (Å²) < 4.78 is 13.5. The summed E-state index contributed by atoms with van der Waals surface area (Å²) in [6.45, 7) is 2.80. The summed E-state index contributed by atoms with van der Waals surface area (Å²) in [4.78, 5) is 14.9. The highest BCUT2D eigenvalue weighted by molar-refractivity contribution is 5.79. The molecule has 2 N–H and O–H groups in total. The molecular formula is C18H17FN2O. The van der Waals surface area contributed by atoms with Crippen LogP contribution in [-0.2, 0) is 13.1 Å². The maximum absolute atomic E-state index is 13.5. The molecule has 1 aromatic heterocycles. The van der Waals surface area contributed by atoms with Crippen LogP contribution >= 0.6 is 0 Å². The van der Waals surface area contributed by atoms with Crippen molar-refractivity contribution in [3.63, 3.8) is 0 Å². The van der Waals surface area contributed by atoms with Gasteiger partial charge in [0.25, 0.3) is 5.56 Å². The van der Waals surface area contributed by atoms with Crippen LogP contribution < -0.4 is 10.9 Å². The molecule has 0 saturated carbocycles. The van der Waals surface area contributed by atoms with Gasteiger partial charge in [0.15, 0.2) is 0 Å². The lowest BCUT2D eigenvalue weighted by molar-refractivity contribution is 0.587. The maximum Gasteiger partial charge on any atom is 0.252 e. The topological polar surface area (TPSA) is 44.9 Å². The molecule has 0 amide bonds. The van der Waals surface area contributed by atoms with Gasteiger partial charge in [-0.2, -0.15) is 0 Å². The molecule has 112 valence electrons. The monoisotopic (exact) mass is 296 g/mol. The van der Waals surface area contributed by atoms with Crippen LogP contribution in [0.1, 0.15) is 16.7 Å². The lowest BCUT2D eigenvalue weighted by atomic mass is 10.1. The summed E-state index contributed by atoms with van der Waals surface area (Å²) in [5, 5.41) is 4.12. The van der Waals surface area contributed by atoms with Crippen molar-refractivity contribution in [2.75, 3.05) is 0 Å². The maximum atomic E-state index is 13.5. The number of benzene rings is 2. The van der Waals surface area contributed by atoms with Crippen molar-refractivity contribution in [1.82, 2.24) is 10.3 Å². The lowest BCUT2D eigenvalue weighted by Crippen LogP contribution is -2.21. The van der Waals surface area contributed by atoms with Crippen LogP contribution in [0.2, 0.25) is 0 Å². The van der Waals surface area contributed by atoms with Crippen molar-refractivity contribution in [2.24, 2.45) is 0 Å². The van der Waals surface area contributed by atoms with E-state index in [1.54, 1.807) is 18.2 Å². The van der Waals surface area contributed by atoms with Crippen molar-refractivity contribution in [3.8, 4) is 0 Å². The fourth-order valence-electron chi connectivity index (χ4n) is 2.48. The number of aromatic nitrogens is 1. The number of pyridine rings is 1. The molecule has 0 radical (unpaired) electrons. The smallest absolute Gasteiger partial charge is 0.252 e. The van der Waals surface area contributed by atoms with Gasteiger partial charge in [0.1, 0.15) is 5.82 Å². The van der Waals surface area contributed by atoms with E-state index in [2.05, 4.69) is 10.3 Å². The molecule has 3 nitrogen and oxygen atoms in total. The lowest BCUT2D eigenvalue weighted by Gasteiger charge is -2.07. The van der Waals surface area contributed by atoms with E-state index in [4.69, 9.17) is 0 Å². The summed E-state index contributed by atoms with van der Waals surface area (Å²) >= 11 is 0. The Morgan fingerprint density at radius 3 is 2.64 bits per heavy atom. The van der Waals surface area contributed by atoms with Gasteiger partial charge in [-0.3, -0.25) is 4.79 Å². The molecule has 0 aliphatic rings. The van der Waals surface area contributed by atoms with Crippen LogP contribution in [-0.4, -0.2) is 4.98 Å². The molecule has 1 heterocycles. The third-order valence-corrected chi connectivity index (χ3v) is 3.67. The van der Waals surface area contributed by atoms with Crippen LogP contribution in [0.5, 0.6) is 0 Å². The second-order valence-electron chi connectivity index (χ2n) is 5.41. The van der Waals surface area contributed by atoms with E-state index in [9.17, 15) is 9.18 Å². The third kappa shape index (κ3) is 3.07. The molecule has 4 heteroatoms. The van der Waals surface area contributed by atoms with Gasteiger partial charge in [-0.05, 0) is 36.6 Å². The zero-order valence-corrected chi connectivity index (χ0v) is 12.3. The minimum absolute atomic E-state index is 0.114. The van der Waals surface area contributed by atoms with Crippen LogP contribution in [0.3, 0.4) is 0 Å². The van der Waals surface area contributed by atoms with E-state index in [1.807, 2.05) is 31.2 Å². The van der Waals surface area contributed by atoms with Crippen LogP contribution in [0.25, 0.3) is 10.9 Å². The van der Waals surface area contributed by atoms with Gasteiger partial charge in [-0.25, -0.2) is 4.39 Å². The average Bonchev–Trinajstić information content (AvgIpc) is 2.50. The first-order valence-corrected chi connectivity index (χ1v) is 7.20. The molecule has 22 heavy (non-hydrogen) atoms. The normalized spacial score (nSPS) is 11.0. The van der Waals surface area contributed by atoms with Crippen molar-refractivity contribution >= 4 is 10.9 Å². The Balaban J connectivity index is 1.78. The summed E-state index contributed by atoms with van der Waals surface area (Å²) in [5.41, 5.74) is 3.10. The van der Waals surface area contributed by atoms with E-state index in [0.717, 1.165) is 16.5 Å². The summed E-state index contributed by atoms with van der Waals surface area (Å²) in [7, 11) is 0. The first kappa shape index (κ1) is 14.5.